The molecule has 1 N–H and O–H groups in total. The summed E-state index contributed by atoms with van der Waals surface area (Å²) in [5.41, 5.74) is 0. The summed E-state index contributed by atoms with van der Waals surface area (Å²) in [7, 11) is -4.01. The van der Waals surface area contributed by atoms with Gasteiger partial charge >= 0.3 is 7.82 Å². The van der Waals surface area contributed by atoms with Gasteiger partial charge in [-0.2, -0.15) is 0 Å². The molecular weight excluding hydrogens is 479 g/mol. The van der Waals surface area contributed by atoms with Crippen LogP contribution in [0, 0.1) is 0 Å². The van der Waals surface area contributed by atoms with Crippen molar-refractivity contribution in [2.45, 2.75) is 71.1 Å². The summed E-state index contributed by atoms with van der Waals surface area (Å²) in [6, 6.07) is 14.1. The highest BCUT2D eigenvalue weighted by Crippen LogP contribution is 2.43. The van der Waals surface area contributed by atoms with E-state index < -0.39 is 7.82 Å². The van der Waals surface area contributed by atoms with E-state index in [9.17, 15) is 9.46 Å². The van der Waals surface area contributed by atoms with Gasteiger partial charge in [-0.3, -0.25) is 9.05 Å². The van der Waals surface area contributed by atoms with Gasteiger partial charge in [-0.1, -0.05) is 101 Å². The first-order valence-corrected chi connectivity index (χ1v) is 15.0. The molecule has 1 atom stereocenters. The predicted octanol–water partition coefficient (Wildman–Crippen LogP) is 7.31. The van der Waals surface area contributed by atoms with Crippen LogP contribution >= 0.6 is 7.82 Å². The topological polar surface area (TPSA) is 83.5 Å². The van der Waals surface area contributed by atoms with Crippen molar-refractivity contribution < 1.29 is 32.7 Å². The number of phosphoric ester groups is 1. The van der Waals surface area contributed by atoms with Crippen molar-refractivity contribution in [1.82, 2.24) is 0 Å². The van der Waals surface area contributed by atoms with Gasteiger partial charge in [-0.05, 0) is 17.9 Å². The summed E-state index contributed by atoms with van der Waals surface area (Å²) >= 11 is 0. The summed E-state index contributed by atoms with van der Waals surface area (Å²) in [5.74, 6) is 0.842. The third-order valence-electron chi connectivity index (χ3n) is 5.84. The van der Waals surface area contributed by atoms with Crippen LogP contribution in [0.5, 0.6) is 5.75 Å². The number of ether oxygens (including phenoxy) is 3. The molecule has 1 unspecified atom stereocenters. The molecule has 7 nitrogen and oxygen atoms in total. The van der Waals surface area contributed by atoms with Gasteiger partial charge in [-0.25, -0.2) is 4.57 Å². The predicted molar refractivity (Wildman–Crippen MR) is 145 cm³/mol. The molecule has 0 aliphatic heterocycles. The number of hydrogen-bond donors (Lipinski definition) is 1. The molecule has 0 aliphatic rings. The third-order valence-corrected chi connectivity index (χ3v) is 6.86. The molecule has 0 radical (unpaired) electrons. The Morgan fingerprint density at radius 1 is 0.639 bits per heavy atom. The van der Waals surface area contributed by atoms with Gasteiger partial charge in [0.05, 0.1) is 39.6 Å². The van der Waals surface area contributed by atoms with E-state index >= 15 is 0 Å². The molecular formula is C28H45O7P. The first-order chi connectivity index (χ1) is 17.6. The maximum Gasteiger partial charge on any atom is 0.472 e. The number of rotatable bonds is 23. The summed E-state index contributed by atoms with van der Waals surface area (Å²) in [4.78, 5) is 9.73. The lowest BCUT2D eigenvalue weighted by Crippen LogP contribution is -2.12. The van der Waals surface area contributed by atoms with Crippen LogP contribution in [0.3, 0.4) is 0 Å². The van der Waals surface area contributed by atoms with Crippen LogP contribution in [0.25, 0.3) is 10.8 Å². The molecule has 2 aromatic carbocycles. The summed E-state index contributed by atoms with van der Waals surface area (Å²) in [6.45, 7) is 4.33. The molecule has 8 heteroatoms. The molecule has 36 heavy (non-hydrogen) atoms. The lowest BCUT2D eigenvalue weighted by molar-refractivity contribution is 0.0225. The van der Waals surface area contributed by atoms with Gasteiger partial charge in [0.1, 0.15) is 12.4 Å². The van der Waals surface area contributed by atoms with E-state index in [4.69, 9.17) is 23.3 Å². The highest BCUT2D eigenvalue weighted by atomic mass is 31.2. The Kier molecular flexibility index (Phi) is 16.8. The van der Waals surface area contributed by atoms with Gasteiger partial charge in [0.2, 0.25) is 0 Å². The minimum Gasteiger partial charge on any atom is -0.491 e. The fraction of sp³-hybridized carbons (Fsp3) is 0.643. The van der Waals surface area contributed by atoms with Gasteiger partial charge in [0, 0.05) is 5.39 Å². The van der Waals surface area contributed by atoms with E-state index in [1.807, 2.05) is 30.3 Å². The molecule has 0 saturated heterocycles. The Morgan fingerprint density at radius 2 is 1.19 bits per heavy atom. The van der Waals surface area contributed by atoms with Crippen LogP contribution in [0.15, 0.2) is 42.5 Å². The molecule has 2 aromatic rings. The quantitative estimate of drug-likeness (QED) is 0.121. The maximum absolute atomic E-state index is 11.9. The van der Waals surface area contributed by atoms with Gasteiger partial charge in [0.15, 0.2) is 0 Å². The average molecular weight is 525 g/mol. The SMILES string of the molecule is CCCCCCCCCCCCOP(=O)(O)OCCOCCOCCOc1cccc2ccccc12. The molecule has 204 valence electrons. The van der Waals surface area contributed by atoms with Crippen LogP contribution in [0.2, 0.25) is 0 Å². The highest BCUT2D eigenvalue weighted by Gasteiger charge is 2.20. The molecule has 0 spiro atoms. The summed E-state index contributed by atoms with van der Waals surface area (Å²) in [6.07, 6.45) is 12.0. The Hall–Kier alpha value is -1.47. The number of fused-ring (bicyclic) bond motifs is 1. The van der Waals surface area contributed by atoms with E-state index in [2.05, 4.69) is 19.1 Å². The number of phosphoric acid groups is 1. The Bertz CT molecular complexity index is 855. The number of unbranched alkanes of at least 4 members (excludes halogenated alkanes) is 9. The van der Waals surface area contributed by atoms with Gasteiger partial charge < -0.3 is 19.1 Å². The average Bonchev–Trinajstić information content (AvgIpc) is 2.88. The van der Waals surface area contributed by atoms with E-state index in [0.29, 0.717) is 26.4 Å². The monoisotopic (exact) mass is 524 g/mol. The summed E-state index contributed by atoms with van der Waals surface area (Å²) < 4.78 is 38.6. The molecule has 0 saturated carbocycles. The van der Waals surface area contributed by atoms with Crippen LogP contribution in [0.1, 0.15) is 71.1 Å². The zero-order chi connectivity index (χ0) is 25.7. The Morgan fingerprint density at radius 3 is 1.92 bits per heavy atom. The Labute approximate surface area is 217 Å². The van der Waals surface area contributed by atoms with E-state index in [1.54, 1.807) is 0 Å². The fourth-order valence-electron chi connectivity index (χ4n) is 3.87. The van der Waals surface area contributed by atoms with Crippen molar-refractivity contribution in [2.75, 3.05) is 46.2 Å². The van der Waals surface area contributed by atoms with Crippen LogP contribution in [0.4, 0.5) is 0 Å². The van der Waals surface area contributed by atoms with Crippen LogP contribution < -0.4 is 4.74 Å². The largest absolute Gasteiger partial charge is 0.491 e. The zero-order valence-corrected chi connectivity index (χ0v) is 22.8. The van der Waals surface area contributed by atoms with E-state index in [-0.39, 0.29) is 19.8 Å². The maximum atomic E-state index is 11.9. The molecule has 0 bridgehead atoms. The standard InChI is InChI=1S/C28H45O7P/c1-2-3-4-5-6-7-8-9-10-13-19-34-36(29,30)35-25-23-32-21-20-31-22-24-33-28-18-14-16-26-15-11-12-17-27(26)28/h11-12,14-18H,2-10,13,19-25H2,1H3,(H,29,30). The van der Waals surface area contributed by atoms with Crippen molar-refractivity contribution in [1.29, 1.82) is 0 Å². The zero-order valence-electron chi connectivity index (χ0n) is 21.9. The van der Waals surface area contributed by atoms with Gasteiger partial charge in [0.25, 0.3) is 0 Å². The number of hydrogen-bond acceptors (Lipinski definition) is 6. The highest BCUT2D eigenvalue weighted by molar-refractivity contribution is 7.47. The molecule has 0 fully saturated rings. The van der Waals surface area contributed by atoms with Gasteiger partial charge in [-0.15, -0.1) is 0 Å². The molecule has 0 amide bonds. The molecule has 0 heterocycles. The lowest BCUT2D eigenvalue weighted by Gasteiger charge is -2.12. The third kappa shape index (κ3) is 14.3. The Balaban J connectivity index is 1.36. The van der Waals surface area contributed by atoms with Crippen LogP contribution in [-0.2, 0) is 23.1 Å². The first-order valence-electron chi connectivity index (χ1n) is 13.5. The van der Waals surface area contributed by atoms with Crippen molar-refractivity contribution in [2.24, 2.45) is 0 Å². The first kappa shape index (κ1) is 30.8. The van der Waals surface area contributed by atoms with E-state index in [1.165, 1.54) is 44.9 Å². The van der Waals surface area contributed by atoms with E-state index in [0.717, 1.165) is 35.8 Å². The molecule has 0 aromatic heterocycles. The van der Waals surface area contributed by atoms with Crippen molar-refractivity contribution in [3.8, 4) is 5.75 Å². The summed E-state index contributed by atoms with van der Waals surface area (Å²) in [5, 5.41) is 2.22. The van der Waals surface area contributed by atoms with Crippen molar-refractivity contribution >= 4 is 18.6 Å². The molecule has 2 rings (SSSR count). The smallest absolute Gasteiger partial charge is 0.472 e. The second kappa shape index (κ2) is 19.6. The fourth-order valence-corrected chi connectivity index (χ4v) is 4.61. The van der Waals surface area contributed by atoms with Crippen molar-refractivity contribution in [3.63, 3.8) is 0 Å². The second-order valence-corrected chi connectivity index (χ2v) is 10.3. The minimum absolute atomic E-state index is 0.00397. The second-order valence-electron chi connectivity index (χ2n) is 8.87. The minimum atomic E-state index is -4.01. The lowest BCUT2D eigenvalue weighted by atomic mass is 10.1. The molecule has 0 aliphatic carbocycles. The van der Waals surface area contributed by atoms with Crippen molar-refractivity contribution in [3.05, 3.63) is 42.5 Å². The normalized spacial score (nSPS) is 13.2. The van der Waals surface area contributed by atoms with Crippen LogP contribution in [-0.4, -0.2) is 51.1 Å². The number of benzene rings is 2.